The van der Waals surface area contributed by atoms with Crippen molar-refractivity contribution in [2.45, 2.75) is 26.3 Å². The summed E-state index contributed by atoms with van der Waals surface area (Å²) in [4.78, 5) is 20.5. The number of nitrogens with two attached hydrogens (primary N) is 1. The quantitative estimate of drug-likeness (QED) is 0.925. The molecule has 21 heavy (non-hydrogen) atoms. The first-order valence-electron chi connectivity index (χ1n) is 7.15. The molecule has 1 aliphatic heterocycles. The number of aryl methyl sites for hydroxylation is 1. The van der Waals surface area contributed by atoms with Crippen LogP contribution < -0.4 is 5.73 Å². The topological polar surface area (TPSA) is 68.5 Å². The largest absolute Gasteiger partial charge is 0.397 e. The number of morpholine rings is 1. The van der Waals surface area contributed by atoms with Crippen LogP contribution in [0.4, 0.5) is 5.69 Å². The summed E-state index contributed by atoms with van der Waals surface area (Å²) in [7, 11) is 0. The fourth-order valence-corrected chi connectivity index (χ4v) is 3.85. The third kappa shape index (κ3) is 2.38. The van der Waals surface area contributed by atoms with Crippen LogP contribution in [-0.2, 0) is 4.74 Å². The zero-order valence-corrected chi connectivity index (χ0v) is 13.1. The number of nitrogen functional groups attached to an aromatic ring is 1. The monoisotopic (exact) mass is 305 g/mol. The molecule has 0 bridgehead atoms. The Morgan fingerprint density at radius 3 is 3.14 bits per heavy atom. The molecule has 0 aliphatic carbocycles. The summed E-state index contributed by atoms with van der Waals surface area (Å²) < 4.78 is 5.46. The van der Waals surface area contributed by atoms with Crippen molar-refractivity contribution in [3.8, 4) is 0 Å². The molecule has 1 saturated heterocycles. The van der Waals surface area contributed by atoms with Crippen LogP contribution in [0.3, 0.4) is 0 Å². The second kappa shape index (κ2) is 5.61. The van der Waals surface area contributed by atoms with Crippen LogP contribution in [0, 0.1) is 6.92 Å². The van der Waals surface area contributed by atoms with Crippen molar-refractivity contribution in [3.63, 3.8) is 0 Å². The molecular weight excluding hydrogens is 286 g/mol. The van der Waals surface area contributed by atoms with Gasteiger partial charge in [0.2, 0.25) is 0 Å². The molecule has 3 heterocycles. The number of rotatable bonds is 2. The van der Waals surface area contributed by atoms with Gasteiger partial charge in [-0.25, -0.2) is 4.98 Å². The number of anilines is 1. The minimum absolute atomic E-state index is 0.00468. The number of carbonyl (C=O) groups excluding carboxylic acids is 1. The average molecular weight is 305 g/mol. The van der Waals surface area contributed by atoms with Gasteiger partial charge < -0.3 is 15.4 Å². The van der Waals surface area contributed by atoms with Gasteiger partial charge in [-0.2, -0.15) is 0 Å². The van der Waals surface area contributed by atoms with Crippen molar-refractivity contribution in [1.82, 2.24) is 9.88 Å². The third-order valence-electron chi connectivity index (χ3n) is 3.99. The molecule has 0 radical (unpaired) electrons. The Balaban J connectivity index is 2.01. The summed E-state index contributed by atoms with van der Waals surface area (Å²) >= 11 is 1.38. The van der Waals surface area contributed by atoms with Gasteiger partial charge in [-0.3, -0.25) is 4.79 Å². The molecule has 1 fully saturated rings. The second-order valence-electron chi connectivity index (χ2n) is 5.29. The lowest BCUT2D eigenvalue weighted by Crippen LogP contribution is -2.48. The van der Waals surface area contributed by atoms with Gasteiger partial charge in [-0.1, -0.05) is 6.92 Å². The Hall–Kier alpha value is -1.66. The van der Waals surface area contributed by atoms with Crippen molar-refractivity contribution in [3.05, 3.63) is 22.7 Å². The number of fused-ring (bicyclic) bond motifs is 1. The van der Waals surface area contributed by atoms with E-state index in [2.05, 4.69) is 11.9 Å². The molecule has 1 unspecified atom stereocenters. The highest BCUT2D eigenvalue weighted by molar-refractivity contribution is 7.21. The minimum atomic E-state index is 0.00468. The number of pyridine rings is 1. The lowest BCUT2D eigenvalue weighted by Gasteiger charge is -2.34. The number of ether oxygens (including phenoxy) is 1. The Morgan fingerprint density at radius 1 is 1.62 bits per heavy atom. The SMILES string of the molecule is CCC1COCCN1C(=O)c1sc2nccc(C)c2c1N. The van der Waals surface area contributed by atoms with E-state index < -0.39 is 0 Å². The molecule has 1 amide bonds. The first kappa shape index (κ1) is 14.3. The predicted molar refractivity (Wildman–Crippen MR) is 84.7 cm³/mol. The minimum Gasteiger partial charge on any atom is -0.397 e. The van der Waals surface area contributed by atoms with Crippen molar-refractivity contribution >= 4 is 33.1 Å². The van der Waals surface area contributed by atoms with Crippen LogP contribution in [-0.4, -0.2) is 41.6 Å². The summed E-state index contributed by atoms with van der Waals surface area (Å²) in [6, 6.07) is 2.05. The first-order chi connectivity index (χ1) is 10.1. The molecular formula is C15H19N3O2S. The summed E-state index contributed by atoms with van der Waals surface area (Å²) in [5, 5.41) is 0.909. The van der Waals surface area contributed by atoms with Crippen LogP contribution in [0.1, 0.15) is 28.6 Å². The number of aromatic nitrogens is 1. The average Bonchev–Trinajstić information content (AvgIpc) is 2.85. The smallest absolute Gasteiger partial charge is 0.266 e. The number of nitrogens with zero attached hydrogens (tertiary/aromatic N) is 2. The highest BCUT2D eigenvalue weighted by Crippen LogP contribution is 2.35. The van der Waals surface area contributed by atoms with Gasteiger partial charge in [0.05, 0.1) is 24.9 Å². The number of hydrogen-bond acceptors (Lipinski definition) is 5. The molecule has 0 spiro atoms. The summed E-state index contributed by atoms with van der Waals surface area (Å²) in [5.74, 6) is 0.00468. The fraction of sp³-hybridized carbons (Fsp3) is 0.467. The Kier molecular flexibility index (Phi) is 3.82. The van der Waals surface area contributed by atoms with E-state index in [4.69, 9.17) is 10.5 Å². The maximum atomic E-state index is 12.8. The summed E-state index contributed by atoms with van der Waals surface area (Å²) in [6.07, 6.45) is 2.64. The van der Waals surface area contributed by atoms with E-state index in [1.165, 1.54) is 11.3 Å². The lowest BCUT2D eigenvalue weighted by molar-refractivity contribution is -0.00248. The molecule has 1 aliphatic rings. The summed E-state index contributed by atoms with van der Waals surface area (Å²) in [5.41, 5.74) is 7.85. The van der Waals surface area contributed by atoms with Gasteiger partial charge in [-0.05, 0) is 25.0 Å². The van der Waals surface area contributed by atoms with E-state index in [0.29, 0.717) is 30.3 Å². The molecule has 0 aromatic carbocycles. The maximum Gasteiger partial charge on any atom is 0.266 e. The highest BCUT2D eigenvalue weighted by Gasteiger charge is 2.30. The Bertz CT molecular complexity index is 683. The van der Waals surface area contributed by atoms with E-state index in [1.807, 2.05) is 17.9 Å². The molecule has 5 nitrogen and oxygen atoms in total. The van der Waals surface area contributed by atoms with Gasteiger partial charge in [0.15, 0.2) is 0 Å². The van der Waals surface area contributed by atoms with Crippen molar-refractivity contribution in [1.29, 1.82) is 0 Å². The number of amides is 1. The van der Waals surface area contributed by atoms with E-state index >= 15 is 0 Å². The van der Waals surface area contributed by atoms with Crippen molar-refractivity contribution < 1.29 is 9.53 Å². The molecule has 2 aromatic heterocycles. The van der Waals surface area contributed by atoms with Gasteiger partial charge in [-0.15, -0.1) is 11.3 Å². The molecule has 0 saturated carbocycles. The predicted octanol–water partition coefficient (Wildman–Crippen LogP) is 2.44. The lowest BCUT2D eigenvalue weighted by atomic mass is 10.1. The standard InChI is InChI=1S/C15H19N3O2S/c1-3-10-8-20-7-6-18(10)15(19)13-12(16)11-9(2)4-5-17-14(11)21-13/h4-5,10H,3,6-8,16H2,1-2H3. The number of thiophene rings is 1. The van der Waals surface area contributed by atoms with Crippen LogP contribution in [0.2, 0.25) is 0 Å². The maximum absolute atomic E-state index is 12.8. The number of carbonyl (C=O) groups is 1. The van der Waals surface area contributed by atoms with Gasteiger partial charge >= 0.3 is 0 Å². The van der Waals surface area contributed by atoms with Crippen LogP contribution in [0.5, 0.6) is 0 Å². The highest BCUT2D eigenvalue weighted by atomic mass is 32.1. The normalized spacial score (nSPS) is 19.1. The van der Waals surface area contributed by atoms with E-state index in [9.17, 15) is 4.79 Å². The first-order valence-corrected chi connectivity index (χ1v) is 7.97. The zero-order valence-electron chi connectivity index (χ0n) is 12.3. The van der Waals surface area contributed by atoms with Crippen LogP contribution >= 0.6 is 11.3 Å². The third-order valence-corrected chi connectivity index (χ3v) is 5.09. The molecule has 2 N–H and O–H groups in total. The van der Waals surface area contributed by atoms with Crippen LogP contribution in [0.25, 0.3) is 10.2 Å². The molecule has 1 atom stereocenters. The van der Waals surface area contributed by atoms with Gasteiger partial charge in [0, 0.05) is 18.1 Å². The molecule has 6 heteroatoms. The Morgan fingerprint density at radius 2 is 2.43 bits per heavy atom. The van der Waals surface area contributed by atoms with Crippen molar-refractivity contribution in [2.75, 3.05) is 25.5 Å². The van der Waals surface area contributed by atoms with Gasteiger partial charge in [0.1, 0.15) is 9.71 Å². The van der Waals surface area contributed by atoms with E-state index in [-0.39, 0.29) is 11.9 Å². The molecule has 2 aromatic rings. The van der Waals surface area contributed by atoms with Crippen molar-refractivity contribution in [2.24, 2.45) is 0 Å². The van der Waals surface area contributed by atoms with E-state index in [0.717, 1.165) is 22.2 Å². The number of hydrogen-bond donors (Lipinski definition) is 1. The summed E-state index contributed by atoms with van der Waals surface area (Å²) in [6.45, 7) is 5.87. The molecule has 3 rings (SSSR count). The second-order valence-corrected chi connectivity index (χ2v) is 6.29. The van der Waals surface area contributed by atoms with Gasteiger partial charge in [0.25, 0.3) is 5.91 Å². The van der Waals surface area contributed by atoms with Crippen LogP contribution in [0.15, 0.2) is 12.3 Å². The Labute approximate surface area is 127 Å². The van der Waals surface area contributed by atoms with E-state index in [1.54, 1.807) is 6.20 Å². The molecule has 112 valence electrons. The fourth-order valence-electron chi connectivity index (χ4n) is 2.75. The zero-order chi connectivity index (χ0) is 15.0.